The molecular weight excluding hydrogens is 281 g/mol. The zero-order chi connectivity index (χ0) is 14.3. The molecule has 1 aromatic heterocycles. The molecule has 0 spiro atoms. The van der Waals surface area contributed by atoms with E-state index in [0.29, 0.717) is 29.4 Å². The smallest absolute Gasteiger partial charge is 0.201 e. The molecule has 1 aliphatic heterocycles. The molecule has 2 heterocycles. The van der Waals surface area contributed by atoms with Crippen molar-refractivity contribution in [2.24, 2.45) is 5.92 Å². The number of fused-ring (bicyclic) bond motifs is 1. The fourth-order valence-corrected chi connectivity index (χ4v) is 3.08. The topological polar surface area (TPSA) is 53.1 Å². The summed E-state index contributed by atoms with van der Waals surface area (Å²) in [7, 11) is 0. The average molecular weight is 298 g/mol. The molecule has 1 aliphatic rings. The number of benzene rings is 1. The van der Waals surface area contributed by atoms with Gasteiger partial charge >= 0.3 is 0 Å². The standard InChI is InChI=1S/C14H17ClFN3O/c1-2-13-8(3-4-20-13)7-19-12-6-10(16)9(15)5-11(12)18-14(19)17/h5-6,8,13H,2-4,7H2,1H3,(H2,17,18). The van der Waals surface area contributed by atoms with Crippen molar-refractivity contribution in [3.8, 4) is 0 Å². The van der Waals surface area contributed by atoms with Crippen molar-refractivity contribution in [1.82, 2.24) is 9.55 Å². The summed E-state index contributed by atoms with van der Waals surface area (Å²) in [6, 6.07) is 2.92. The lowest BCUT2D eigenvalue weighted by Gasteiger charge is -2.18. The molecular formula is C14H17ClFN3O. The van der Waals surface area contributed by atoms with Gasteiger partial charge in [0.05, 0.1) is 22.2 Å². The van der Waals surface area contributed by atoms with Gasteiger partial charge in [0.1, 0.15) is 5.82 Å². The Kier molecular flexibility index (Phi) is 3.56. The summed E-state index contributed by atoms with van der Waals surface area (Å²) in [5.41, 5.74) is 7.28. The van der Waals surface area contributed by atoms with Crippen LogP contribution in [0.15, 0.2) is 12.1 Å². The molecule has 3 rings (SSSR count). The Labute approximate surface area is 121 Å². The Morgan fingerprint density at radius 1 is 1.55 bits per heavy atom. The molecule has 2 unspecified atom stereocenters. The van der Waals surface area contributed by atoms with E-state index in [-0.39, 0.29) is 11.1 Å². The largest absolute Gasteiger partial charge is 0.378 e. The highest BCUT2D eigenvalue weighted by Crippen LogP contribution is 2.29. The van der Waals surface area contributed by atoms with Gasteiger partial charge in [0.15, 0.2) is 0 Å². The number of nitrogens with zero attached hydrogens (tertiary/aromatic N) is 2. The minimum absolute atomic E-state index is 0.0674. The zero-order valence-electron chi connectivity index (χ0n) is 11.3. The molecule has 2 N–H and O–H groups in total. The molecule has 2 atom stereocenters. The number of aromatic nitrogens is 2. The van der Waals surface area contributed by atoms with E-state index in [1.54, 1.807) is 0 Å². The van der Waals surface area contributed by atoms with Crippen LogP contribution in [0.4, 0.5) is 10.3 Å². The highest BCUT2D eigenvalue weighted by Gasteiger charge is 2.28. The van der Waals surface area contributed by atoms with Gasteiger partial charge in [0, 0.05) is 25.1 Å². The Morgan fingerprint density at radius 2 is 2.35 bits per heavy atom. The van der Waals surface area contributed by atoms with E-state index in [1.807, 2.05) is 4.57 Å². The third-order valence-electron chi connectivity index (χ3n) is 3.99. The summed E-state index contributed by atoms with van der Waals surface area (Å²) in [6.45, 7) is 3.58. The lowest BCUT2D eigenvalue weighted by molar-refractivity contribution is 0.0839. The molecule has 1 fully saturated rings. The molecule has 4 nitrogen and oxygen atoms in total. The van der Waals surface area contributed by atoms with Crippen molar-refractivity contribution in [3.05, 3.63) is 23.0 Å². The number of anilines is 1. The predicted molar refractivity (Wildman–Crippen MR) is 77.3 cm³/mol. The number of ether oxygens (including phenoxy) is 1. The molecule has 6 heteroatoms. The molecule has 0 saturated carbocycles. The van der Waals surface area contributed by atoms with Crippen LogP contribution in [0, 0.1) is 11.7 Å². The summed E-state index contributed by atoms with van der Waals surface area (Å²) in [4.78, 5) is 4.26. The van der Waals surface area contributed by atoms with E-state index in [0.717, 1.165) is 19.4 Å². The fourth-order valence-electron chi connectivity index (χ4n) is 2.92. The Hall–Kier alpha value is -1.33. The van der Waals surface area contributed by atoms with Gasteiger partial charge in [-0.05, 0) is 18.9 Å². The predicted octanol–water partition coefficient (Wildman–Crippen LogP) is 3.23. The van der Waals surface area contributed by atoms with E-state index in [4.69, 9.17) is 22.1 Å². The second kappa shape index (κ2) is 5.22. The molecule has 0 bridgehead atoms. The van der Waals surface area contributed by atoms with Crippen LogP contribution >= 0.6 is 11.6 Å². The third kappa shape index (κ3) is 2.25. The number of halogens is 2. The minimum Gasteiger partial charge on any atom is -0.378 e. The van der Waals surface area contributed by atoms with E-state index in [1.165, 1.54) is 12.1 Å². The Balaban J connectivity index is 1.98. The molecule has 0 amide bonds. The second-order valence-corrected chi connectivity index (χ2v) is 5.61. The van der Waals surface area contributed by atoms with Crippen LogP contribution in [0.3, 0.4) is 0 Å². The molecule has 0 aliphatic carbocycles. The van der Waals surface area contributed by atoms with Gasteiger partial charge in [-0.3, -0.25) is 0 Å². The number of hydrogen-bond donors (Lipinski definition) is 1. The van der Waals surface area contributed by atoms with Crippen LogP contribution < -0.4 is 5.73 Å². The van der Waals surface area contributed by atoms with E-state index >= 15 is 0 Å². The lowest BCUT2D eigenvalue weighted by atomic mass is 9.99. The first-order chi connectivity index (χ1) is 9.60. The average Bonchev–Trinajstić information content (AvgIpc) is 2.97. The molecule has 0 radical (unpaired) electrons. The summed E-state index contributed by atoms with van der Waals surface area (Å²) in [5.74, 6) is 0.330. The van der Waals surface area contributed by atoms with Crippen molar-refractivity contribution in [2.45, 2.75) is 32.4 Å². The maximum atomic E-state index is 13.7. The number of rotatable bonds is 3. The van der Waals surface area contributed by atoms with Crippen molar-refractivity contribution in [2.75, 3.05) is 12.3 Å². The van der Waals surface area contributed by atoms with Crippen molar-refractivity contribution >= 4 is 28.6 Å². The molecule has 20 heavy (non-hydrogen) atoms. The van der Waals surface area contributed by atoms with Crippen LogP contribution in [0.25, 0.3) is 11.0 Å². The number of nitrogens with two attached hydrogens (primary N) is 1. The maximum absolute atomic E-state index is 13.7. The van der Waals surface area contributed by atoms with Crippen molar-refractivity contribution in [1.29, 1.82) is 0 Å². The SMILES string of the molecule is CCC1OCCC1Cn1c(N)nc2cc(Cl)c(F)cc21. The second-order valence-electron chi connectivity index (χ2n) is 5.20. The number of hydrogen-bond acceptors (Lipinski definition) is 3. The van der Waals surface area contributed by atoms with Crippen LogP contribution in [0.1, 0.15) is 19.8 Å². The first-order valence-corrected chi connectivity index (χ1v) is 7.20. The highest BCUT2D eigenvalue weighted by atomic mass is 35.5. The third-order valence-corrected chi connectivity index (χ3v) is 4.28. The quantitative estimate of drug-likeness (QED) is 0.946. The van der Waals surface area contributed by atoms with Gasteiger partial charge in [0.2, 0.25) is 5.95 Å². The van der Waals surface area contributed by atoms with Crippen LogP contribution in [-0.2, 0) is 11.3 Å². The first kappa shape index (κ1) is 13.6. The normalized spacial score (nSPS) is 22.8. The van der Waals surface area contributed by atoms with Crippen molar-refractivity contribution < 1.29 is 9.13 Å². The molecule has 1 aromatic carbocycles. The van der Waals surface area contributed by atoms with Crippen LogP contribution in [0.2, 0.25) is 5.02 Å². The monoisotopic (exact) mass is 297 g/mol. The van der Waals surface area contributed by atoms with Crippen LogP contribution in [0.5, 0.6) is 0 Å². The van der Waals surface area contributed by atoms with E-state index in [9.17, 15) is 4.39 Å². The van der Waals surface area contributed by atoms with Gasteiger partial charge in [-0.25, -0.2) is 9.37 Å². The highest BCUT2D eigenvalue weighted by molar-refractivity contribution is 6.31. The number of nitrogen functional groups attached to an aromatic ring is 1. The van der Waals surface area contributed by atoms with E-state index in [2.05, 4.69) is 11.9 Å². The summed E-state index contributed by atoms with van der Waals surface area (Å²) in [5, 5.41) is 0.0674. The molecule has 108 valence electrons. The van der Waals surface area contributed by atoms with Gasteiger partial charge < -0.3 is 15.0 Å². The van der Waals surface area contributed by atoms with Gasteiger partial charge in [0.25, 0.3) is 0 Å². The Bertz CT molecular complexity index is 643. The molecule has 1 saturated heterocycles. The zero-order valence-corrected chi connectivity index (χ0v) is 12.0. The fraction of sp³-hybridized carbons (Fsp3) is 0.500. The maximum Gasteiger partial charge on any atom is 0.201 e. The lowest BCUT2D eigenvalue weighted by Crippen LogP contribution is -2.21. The summed E-state index contributed by atoms with van der Waals surface area (Å²) >= 11 is 5.78. The van der Waals surface area contributed by atoms with Gasteiger partial charge in [-0.15, -0.1) is 0 Å². The first-order valence-electron chi connectivity index (χ1n) is 6.82. The number of imidazole rings is 1. The van der Waals surface area contributed by atoms with Gasteiger partial charge in [-0.2, -0.15) is 0 Å². The van der Waals surface area contributed by atoms with Crippen LogP contribution in [-0.4, -0.2) is 22.3 Å². The molecule has 2 aromatic rings. The summed E-state index contributed by atoms with van der Waals surface area (Å²) in [6.07, 6.45) is 2.20. The minimum atomic E-state index is -0.449. The van der Waals surface area contributed by atoms with Crippen molar-refractivity contribution in [3.63, 3.8) is 0 Å². The van der Waals surface area contributed by atoms with E-state index < -0.39 is 5.82 Å². The Morgan fingerprint density at radius 3 is 3.10 bits per heavy atom. The summed E-state index contributed by atoms with van der Waals surface area (Å²) < 4.78 is 21.2. The van der Waals surface area contributed by atoms with Gasteiger partial charge in [-0.1, -0.05) is 18.5 Å².